The van der Waals surface area contributed by atoms with Crippen LogP contribution in [-0.2, 0) is 0 Å². The van der Waals surface area contributed by atoms with Gasteiger partial charge in [-0.15, -0.1) is 0 Å². The molecule has 3 aromatic rings. The van der Waals surface area contributed by atoms with Crippen molar-refractivity contribution in [3.8, 4) is 0 Å². The molecule has 1 aliphatic carbocycles. The van der Waals surface area contributed by atoms with Crippen molar-refractivity contribution in [1.29, 1.82) is 0 Å². The lowest BCUT2D eigenvalue weighted by Gasteiger charge is -2.30. The van der Waals surface area contributed by atoms with Crippen LogP contribution in [-0.4, -0.2) is 20.8 Å². The highest BCUT2D eigenvalue weighted by molar-refractivity contribution is 5.91. The van der Waals surface area contributed by atoms with Crippen molar-refractivity contribution in [3.05, 3.63) is 64.7 Å². The van der Waals surface area contributed by atoms with Crippen LogP contribution in [0.5, 0.6) is 0 Å². The molecule has 0 amide bonds. The van der Waals surface area contributed by atoms with Gasteiger partial charge in [-0.1, -0.05) is 18.2 Å². The number of nitrogens with one attached hydrogen (secondary N) is 1. The van der Waals surface area contributed by atoms with E-state index in [2.05, 4.69) is 39.7 Å². The molecule has 0 atom stereocenters. The molecule has 0 saturated heterocycles. The van der Waals surface area contributed by atoms with Crippen LogP contribution in [0.4, 0.5) is 5.69 Å². The van der Waals surface area contributed by atoms with Crippen LogP contribution < -0.4 is 10.9 Å². The molecule has 5 nitrogen and oxygen atoms in total. The van der Waals surface area contributed by atoms with Crippen molar-refractivity contribution in [1.82, 2.24) is 14.8 Å². The quantitative estimate of drug-likeness (QED) is 0.793. The van der Waals surface area contributed by atoms with E-state index in [0.29, 0.717) is 6.04 Å². The Kier molecular flexibility index (Phi) is 4.22. The lowest BCUT2D eigenvalue weighted by atomic mass is 9.91. The van der Waals surface area contributed by atoms with E-state index >= 15 is 0 Å². The van der Waals surface area contributed by atoms with Gasteiger partial charge in [0.15, 0.2) is 0 Å². The van der Waals surface area contributed by atoms with E-state index < -0.39 is 0 Å². The Balaban J connectivity index is 1.49. The number of fused-ring (bicyclic) bond motifs is 1. The van der Waals surface area contributed by atoms with Crippen LogP contribution in [0.1, 0.15) is 37.4 Å². The number of pyridine rings is 1. The monoisotopic (exact) mass is 334 g/mol. The molecular weight excluding hydrogens is 312 g/mol. The van der Waals surface area contributed by atoms with E-state index in [1.165, 1.54) is 0 Å². The van der Waals surface area contributed by atoms with Crippen molar-refractivity contribution in [2.75, 3.05) is 5.32 Å². The lowest BCUT2D eigenvalue weighted by molar-refractivity contribution is 0.304. The van der Waals surface area contributed by atoms with Gasteiger partial charge in [-0.3, -0.25) is 9.78 Å². The maximum absolute atomic E-state index is 12.0. The molecule has 2 aromatic heterocycles. The Labute approximate surface area is 146 Å². The molecule has 25 heavy (non-hydrogen) atoms. The predicted octanol–water partition coefficient (Wildman–Crippen LogP) is 3.70. The zero-order chi connectivity index (χ0) is 17.2. The van der Waals surface area contributed by atoms with E-state index in [4.69, 9.17) is 0 Å². The maximum atomic E-state index is 12.0. The van der Waals surface area contributed by atoms with Gasteiger partial charge in [0, 0.05) is 35.1 Å². The second kappa shape index (κ2) is 6.67. The summed E-state index contributed by atoms with van der Waals surface area (Å²) in [5.74, 6) is 0. The second-order valence-corrected chi connectivity index (χ2v) is 6.78. The number of hydrogen-bond donors (Lipinski definition) is 1. The topological polar surface area (TPSA) is 59.8 Å². The van der Waals surface area contributed by atoms with Crippen molar-refractivity contribution in [2.24, 2.45) is 0 Å². The average molecular weight is 334 g/mol. The summed E-state index contributed by atoms with van der Waals surface area (Å²) in [7, 11) is 0. The summed E-state index contributed by atoms with van der Waals surface area (Å²) in [5, 5.41) is 9.11. The first-order chi connectivity index (χ1) is 12.2. The lowest BCUT2D eigenvalue weighted by Crippen LogP contribution is -2.32. The van der Waals surface area contributed by atoms with Crippen molar-refractivity contribution < 1.29 is 0 Å². The summed E-state index contributed by atoms with van der Waals surface area (Å²) < 4.78 is 1.64. The van der Waals surface area contributed by atoms with Crippen LogP contribution in [0.2, 0.25) is 0 Å². The largest absolute Gasteiger partial charge is 0.382 e. The van der Waals surface area contributed by atoms with Crippen LogP contribution in [0.15, 0.2) is 53.5 Å². The van der Waals surface area contributed by atoms with Gasteiger partial charge < -0.3 is 5.32 Å². The van der Waals surface area contributed by atoms with Crippen molar-refractivity contribution in [3.63, 3.8) is 0 Å². The van der Waals surface area contributed by atoms with Gasteiger partial charge in [0.05, 0.1) is 11.6 Å². The number of hydrogen-bond acceptors (Lipinski definition) is 4. The molecule has 0 bridgehead atoms. The van der Waals surface area contributed by atoms with Gasteiger partial charge in [0.1, 0.15) is 0 Å². The molecule has 0 spiro atoms. The van der Waals surface area contributed by atoms with Gasteiger partial charge in [0.25, 0.3) is 5.56 Å². The first-order valence-corrected chi connectivity index (χ1v) is 8.87. The normalized spacial score (nSPS) is 20.5. The molecule has 1 fully saturated rings. The highest BCUT2D eigenvalue weighted by atomic mass is 16.1. The van der Waals surface area contributed by atoms with E-state index in [1.54, 1.807) is 23.0 Å². The number of aromatic nitrogens is 3. The van der Waals surface area contributed by atoms with Gasteiger partial charge in [-0.05, 0) is 50.8 Å². The Morgan fingerprint density at radius 1 is 1.08 bits per heavy atom. The van der Waals surface area contributed by atoms with E-state index in [1.807, 2.05) is 13.0 Å². The van der Waals surface area contributed by atoms with Gasteiger partial charge in [-0.2, -0.15) is 5.10 Å². The molecule has 0 radical (unpaired) electrons. The highest BCUT2D eigenvalue weighted by Crippen LogP contribution is 2.31. The summed E-state index contributed by atoms with van der Waals surface area (Å²) in [4.78, 5) is 16.6. The minimum Gasteiger partial charge on any atom is -0.382 e. The number of aryl methyl sites for hydroxylation is 1. The van der Waals surface area contributed by atoms with Crippen LogP contribution >= 0.6 is 0 Å². The van der Waals surface area contributed by atoms with Gasteiger partial charge in [-0.25, -0.2) is 4.68 Å². The third-order valence-electron chi connectivity index (χ3n) is 4.99. The summed E-state index contributed by atoms with van der Waals surface area (Å²) in [6, 6.07) is 14.3. The van der Waals surface area contributed by atoms with Crippen molar-refractivity contribution >= 4 is 16.6 Å². The fourth-order valence-corrected chi connectivity index (χ4v) is 3.76. The first-order valence-electron chi connectivity index (χ1n) is 8.87. The summed E-state index contributed by atoms with van der Waals surface area (Å²) in [5.41, 5.74) is 3.20. The van der Waals surface area contributed by atoms with Crippen LogP contribution in [0.3, 0.4) is 0 Å². The zero-order valence-corrected chi connectivity index (χ0v) is 14.4. The van der Waals surface area contributed by atoms with E-state index in [0.717, 1.165) is 48.0 Å². The van der Waals surface area contributed by atoms with E-state index in [9.17, 15) is 4.79 Å². The molecule has 1 aromatic carbocycles. The Morgan fingerprint density at radius 2 is 1.88 bits per heavy atom. The van der Waals surface area contributed by atoms with Crippen LogP contribution in [0, 0.1) is 6.92 Å². The average Bonchev–Trinajstić information content (AvgIpc) is 2.63. The Hall–Kier alpha value is -2.69. The highest BCUT2D eigenvalue weighted by Gasteiger charge is 2.23. The van der Waals surface area contributed by atoms with Crippen LogP contribution in [0.25, 0.3) is 10.9 Å². The third kappa shape index (κ3) is 3.27. The predicted molar refractivity (Wildman–Crippen MR) is 99.9 cm³/mol. The number of para-hydroxylation sites is 1. The minimum atomic E-state index is -0.00494. The molecule has 0 unspecified atom stereocenters. The molecule has 4 rings (SSSR count). The number of anilines is 1. The first kappa shape index (κ1) is 15.8. The molecule has 2 heterocycles. The molecule has 1 saturated carbocycles. The van der Waals surface area contributed by atoms with Gasteiger partial charge in [0.2, 0.25) is 0 Å². The number of benzene rings is 1. The van der Waals surface area contributed by atoms with E-state index in [-0.39, 0.29) is 11.6 Å². The molecular formula is C20H22N4O. The minimum absolute atomic E-state index is 0.00494. The fourth-order valence-electron chi connectivity index (χ4n) is 3.76. The third-order valence-corrected chi connectivity index (χ3v) is 4.99. The SMILES string of the molecule is Cc1cc(NC2CCC(n3ncccc3=O)CC2)c2ccccc2n1. The number of nitrogens with zero attached hydrogens (tertiary/aromatic N) is 3. The molecule has 128 valence electrons. The summed E-state index contributed by atoms with van der Waals surface area (Å²) in [6.07, 6.45) is 5.69. The molecule has 1 aliphatic rings. The Morgan fingerprint density at radius 3 is 2.68 bits per heavy atom. The maximum Gasteiger partial charge on any atom is 0.266 e. The molecule has 1 N–H and O–H groups in total. The summed E-state index contributed by atoms with van der Waals surface area (Å²) >= 11 is 0. The number of rotatable bonds is 3. The standard InChI is InChI=1S/C20H22N4O/c1-14-13-19(17-5-2-3-6-18(17)22-14)23-15-8-10-16(11-9-15)24-20(25)7-4-12-21-24/h2-7,12-13,15-16H,8-11H2,1H3,(H,22,23). The van der Waals surface area contributed by atoms with Crippen molar-refractivity contribution in [2.45, 2.75) is 44.7 Å². The molecule has 5 heteroatoms. The zero-order valence-electron chi connectivity index (χ0n) is 14.4. The smallest absolute Gasteiger partial charge is 0.266 e. The Bertz CT molecular complexity index is 942. The summed E-state index contributed by atoms with van der Waals surface area (Å²) in [6.45, 7) is 2.03. The fraction of sp³-hybridized carbons (Fsp3) is 0.350. The second-order valence-electron chi connectivity index (χ2n) is 6.78. The van der Waals surface area contributed by atoms with Gasteiger partial charge >= 0.3 is 0 Å². The molecule has 0 aliphatic heterocycles.